The first kappa shape index (κ1) is 13.5. The summed E-state index contributed by atoms with van der Waals surface area (Å²) in [6, 6.07) is 5.45. The quantitative estimate of drug-likeness (QED) is 0.361. The maximum atomic E-state index is 11.7. The summed E-state index contributed by atoms with van der Waals surface area (Å²) < 4.78 is 4.31. The van der Waals surface area contributed by atoms with Gasteiger partial charge in [-0.3, -0.25) is 14.9 Å². The molecular formula is C12H10ClNO5. The van der Waals surface area contributed by atoms with Crippen molar-refractivity contribution >= 4 is 23.4 Å². The van der Waals surface area contributed by atoms with Crippen LogP contribution in [0.1, 0.15) is 11.5 Å². The molecule has 7 heteroatoms. The van der Waals surface area contributed by atoms with Crippen LogP contribution in [0.2, 0.25) is 5.02 Å². The summed E-state index contributed by atoms with van der Waals surface area (Å²) in [6.45, 7) is 0. The van der Waals surface area contributed by atoms with Gasteiger partial charge in [0.2, 0.25) is 6.04 Å². The van der Waals surface area contributed by atoms with Crippen molar-refractivity contribution in [2.45, 2.75) is 12.0 Å². The van der Waals surface area contributed by atoms with Crippen LogP contribution in [-0.4, -0.2) is 29.8 Å². The molecule has 1 aromatic carbocycles. The van der Waals surface area contributed by atoms with Gasteiger partial charge in [-0.1, -0.05) is 29.8 Å². The second-order valence-electron chi connectivity index (χ2n) is 4.20. The lowest BCUT2D eigenvalue weighted by atomic mass is 10.1. The molecule has 1 aliphatic carbocycles. The van der Waals surface area contributed by atoms with Crippen molar-refractivity contribution in [1.29, 1.82) is 0 Å². The van der Waals surface area contributed by atoms with Crippen molar-refractivity contribution in [1.82, 2.24) is 0 Å². The highest BCUT2D eigenvalue weighted by Gasteiger charge is 2.66. The van der Waals surface area contributed by atoms with E-state index in [0.717, 1.165) is 7.11 Å². The second-order valence-corrected chi connectivity index (χ2v) is 4.61. The monoisotopic (exact) mass is 283 g/mol. The van der Waals surface area contributed by atoms with Gasteiger partial charge in [-0.15, -0.1) is 0 Å². The number of halogens is 1. The first-order valence-corrected chi connectivity index (χ1v) is 5.87. The van der Waals surface area contributed by atoms with E-state index >= 15 is 0 Å². The van der Waals surface area contributed by atoms with Crippen LogP contribution in [0, 0.1) is 16.0 Å². The van der Waals surface area contributed by atoms with Crippen molar-refractivity contribution in [3.8, 4) is 0 Å². The van der Waals surface area contributed by atoms with E-state index in [1.165, 1.54) is 0 Å². The molecule has 0 aromatic heterocycles. The molecule has 2 rings (SSSR count). The molecule has 1 aliphatic rings. The highest BCUT2D eigenvalue weighted by Crippen LogP contribution is 2.52. The molecular weight excluding hydrogens is 274 g/mol. The largest absolute Gasteiger partial charge is 0.463 e. The average Bonchev–Trinajstić information content (AvgIpc) is 3.12. The Hall–Kier alpha value is -1.95. The normalized spacial score (nSPS) is 24.6. The zero-order chi connectivity index (χ0) is 14.2. The molecule has 1 saturated carbocycles. The number of hydrogen-bond acceptors (Lipinski definition) is 5. The van der Waals surface area contributed by atoms with E-state index in [0.29, 0.717) is 10.6 Å². The van der Waals surface area contributed by atoms with Gasteiger partial charge in [0.1, 0.15) is 5.92 Å². The van der Waals surface area contributed by atoms with Gasteiger partial charge in [0.15, 0.2) is 0 Å². The number of methoxy groups -OCH3 is 1. The van der Waals surface area contributed by atoms with Gasteiger partial charge in [0, 0.05) is 9.95 Å². The fourth-order valence-corrected chi connectivity index (χ4v) is 2.50. The maximum Gasteiger partial charge on any atom is 0.374 e. The molecule has 0 aliphatic heterocycles. The van der Waals surface area contributed by atoms with Gasteiger partial charge in [-0.2, -0.15) is 0 Å². The number of esters is 1. The van der Waals surface area contributed by atoms with E-state index < -0.39 is 34.6 Å². The number of ether oxygens (including phenoxy) is 1. The summed E-state index contributed by atoms with van der Waals surface area (Å²) in [5, 5.41) is 11.3. The molecule has 0 unspecified atom stereocenters. The molecule has 100 valence electrons. The Labute approximate surface area is 113 Å². The molecule has 0 amide bonds. The lowest BCUT2D eigenvalue weighted by molar-refractivity contribution is -0.498. The molecule has 1 aromatic rings. The molecule has 0 spiro atoms. The predicted octanol–water partition coefficient (Wildman–Crippen LogP) is 1.44. The van der Waals surface area contributed by atoms with Crippen LogP contribution in [0.5, 0.6) is 0 Å². The molecule has 6 nitrogen and oxygen atoms in total. The van der Waals surface area contributed by atoms with E-state index in [-0.39, 0.29) is 0 Å². The van der Waals surface area contributed by atoms with Crippen molar-refractivity contribution < 1.29 is 19.2 Å². The van der Waals surface area contributed by atoms with Gasteiger partial charge in [-0.05, 0) is 11.6 Å². The van der Waals surface area contributed by atoms with Crippen LogP contribution in [0.4, 0.5) is 0 Å². The van der Waals surface area contributed by atoms with Crippen LogP contribution in [-0.2, 0) is 14.3 Å². The Morgan fingerprint density at radius 1 is 1.37 bits per heavy atom. The van der Waals surface area contributed by atoms with Crippen LogP contribution < -0.4 is 0 Å². The van der Waals surface area contributed by atoms with Gasteiger partial charge in [-0.25, -0.2) is 4.79 Å². The van der Waals surface area contributed by atoms with Crippen LogP contribution in [0.3, 0.4) is 0 Å². The Morgan fingerprint density at radius 3 is 2.53 bits per heavy atom. The number of rotatable bonds is 4. The van der Waals surface area contributed by atoms with Crippen molar-refractivity contribution in [2.24, 2.45) is 5.92 Å². The summed E-state index contributed by atoms with van der Waals surface area (Å²) in [4.78, 5) is 33.3. The molecule has 0 radical (unpaired) electrons. The lowest BCUT2D eigenvalue weighted by Gasteiger charge is -2.00. The van der Waals surface area contributed by atoms with Crippen molar-refractivity contribution in [2.75, 3.05) is 7.11 Å². The van der Waals surface area contributed by atoms with Crippen molar-refractivity contribution in [3.05, 3.63) is 45.0 Å². The molecule has 1 fully saturated rings. The molecule has 0 heterocycles. The van der Waals surface area contributed by atoms with Crippen LogP contribution in [0.15, 0.2) is 24.3 Å². The zero-order valence-electron chi connectivity index (χ0n) is 9.91. The topological polar surface area (TPSA) is 86.5 Å². The van der Waals surface area contributed by atoms with E-state index in [4.69, 9.17) is 11.6 Å². The Kier molecular flexibility index (Phi) is 3.53. The van der Waals surface area contributed by atoms with E-state index in [9.17, 15) is 19.7 Å². The summed E-state index contributed by atoms with van der Waals surface area (Å²) in [5.74, 6) is -3.61. The molecule has 3 atom stereocenters. The fraction of sp³-hybridized carbons (Fsp3) is 0.333. The van der Waals surface area contributed by atoms with Crippen LogP contribution in [0.25, 0.3) is 0 Å². The zero-order valence-corrected chi connectivity index (χ0v) is 10.7. The predicted molar refractivity (Wildman–Crippen MR) is 65.5 cm³/mol. The Bertz CT molecular complexity index is 559. The summed E-state index contributed by atoms with van der Waals surface area (Å²) in [6.07, 6.45) is 0. The smallest absolute Gasteiger partial charge is 0.374 e. The van der Waals surface area contributed by atoms with E-state index in [2.05, 4.69) is 4.74 Å². The van der Waals surface area contributed by atoms with Gasteiger partial charge in [0.25, 0.3) is 5.78 Å². The number of benzene rings is 1. The van der Waals surface area contributed by atoms with Gasteiger partial charge in [0.05, 0.1) is 13.0 Å². The highest BCUT2D eigenvalue weighted by atomic mass is 35.5. The highest BCUT2D eigenvalue weighted by molar-refractivity contribution is 6.36. The third kappa shape index (κ3) is 2.31. The summed E-state index contributed by atoms with van der Waals surface area (Å²) >= 11 is 5.96. The summed E-state index contributed by atoms with van der Waals surface area (Å²) in [7, 11) is 1.06. The molecule has 0 saturated heterocycles. The number of Topliss-reactive ketones (excluding diaryl/α,β-unsaturated/α-hetero) is 1. The first-order valence-electron chi connectivity index (χ1n) is 5.49. The number of nitrogens with zero attached hydrogens (tertiary/aromatic N) is 1. The number of nitro groups is 1. The third-order valence-corrected chi connectivity index (χ3v) is 3.52. The Balaban J connectivity index is 2.31. The van der Waals surface area contributed by atoms with E-state index in [1.54, 1.807) is 24.3 Å². The number of hydrogen-bond donors (Lipinski definition) is 0. The number of carbonyl (C=O) groups is 2. The third-order valence-electron chi connectivity index (χ3n) is 3.18. The standard InChI is InChI=1S/C12H10ClNO5/c1-19-12(16)11(15)9-8(10(9)14(17)18)6-4-2-3-5-7(6)13/h2-5,8-10H,1H3/t8-,9+,10+/m0/s1. The molecule has 0 N–H and O–H groups in total. The second kappa shape index (κ2) is 4.97. The summed E-state index contributed by atoms with van der Waals surface area (Å²) in [5.41, 5.74) is 0.508. The number of carbonyl (C=O) groups excluding carboxylic acids is 2. The first-order chi connectivity index (χ1) is 8.99. The van der Waals surface area contributed by atoms with E-state index in [1.807, 2.05) is 0 Å². The maximum absolute atomic E-state index is 11.7. The van der Waals surface area contributed by atoms with Gasteiger partial charge < -0.3 is 4.74 Å². The van der Waals surface area contributed by atoms with Gasteiger partial charge >= 0.3 is 5.97 Å². The molecule has 0 bridgehead atoms. The minimum Gasteiger partial charge on any atom is -0.463 e. The minimum atomic E-state index is -1.12. The Morgan fingerprint density at radius 2 is 2.00 bits per heavy atom. The van der Waals surface area contributed by atoms with Crippen LogP contribution >= 0.6 is 11.6 Å². The number of ketones is 1. The lowest BCUT2D eigenvalue weighted by Crippen LogP contribution is -2.21. The molecule has 19 heavy (non-hydrogen) atoms. The average molecular weight is 284 g/mol. The fourth-order valence-electron chi connectivity index (χ4n) is 2.23. The minimum absolute atomic E-state index is 0.347. The SMILES string of the molecule is COC(=O)C(=O)[C@@H]1[C@H](c2ccccc2Cl)[C@H]1[N+](=O)[O-]. The van der Waals surface area contributed by atoms with Crippen molar-refractivity contribution in [3.63, 3.8) is 0 Å².